The third-order valence-corrected chi connectivity index (χ3v) is 5.11. The van der Waals surface area contributed by atoms with Crippen LogP contribution in [-0.2, 0) is 0 Å². The topological polar surface area (TPSA) is 93.2 Å². The van der Waals surface area contributed by atoms with Crippen molar-refractivity contribution < 1.29 is 4.79 Å². The molecule has 6 heteroatoms. The van der Waals surface area contributed by atoms with E-state index in [1.165, 1.54) is 10.6 Å². The van der Waals surface area contributed by atoms with E-state index in [4.69, 9.17) is 5.73 Å². The fourth-order valence-corrected chi connectivity index (χ4v) is 3.60. The van der Waals surface area contributed by atoms with Gasteiger partial charge in [-0.15, -0.1) is 0 Å². The van der Waals surface area contributed by atoms with Crippen molar-refractivity contribution in [3.05, 3.63) is 33.9 Å². The Morgan fingerprint density at radius 1 is 1.26 bits per heavy atom. The SMILES string of the molecule is CC(C)(C)C1CCC(c2cc(=O)n3[nH]c(C(N)=O)cc3n2)CC1. The average molecular weight is 316 g/mol. The van der Waals surface area contributed by atoms with Gasteiger partial charge in [0.15, 0.2) is 5.65 Å². The number of aromatic nitrogens is 3. The molecule has 1 aliphatic rings. The number of nitrogens with one attached hydrogen (secondary N) is 1. The molecule has 3 rings (SSSR count). The third-order valence-electron chi connectivity index (χ3n) is 5.11. The minimum atomic E-state index is -0.595. The molecule has 0 radical (unpaired) electrons. The Morgan fingerprint density at radius 2 is 1.91 bits per heavy atom. The normalized spacial score (nSPS) is 22.4. The number of fused-ring (bicyclic) bond motifs is 1. The summed E-state index contributed by atoms with van der Waals surface area (Å²) in [6.07, 6.45) is 4.43. The van der Waals surface area contributed by atoms with Crippen molar-refractivity contribution in [3.63, 3.8) is 0 Å². The van der Waals surface area contributed by atoms with Gasteiger partial charge < -0.3 is 5.73 Å². The molecule has 2 aromatic rings. The molecule has 0 unspecified atom stereocenters. The molecule has 124 valence electrons. The lowest BCUT2D eigenvalue weighted by Gasteiger charge is -2.36. The number of aromatic amines is 1. The first kappa shape index (κ1) is 15.8. The first-order chi connectivity index (χ1) is 10.8. The number of hydrogen-bond donors (Lipinski definition) is 2. The molecule has 0 atom stereocenters. The maximum Gasteiger partial charge on any atom is 0.272 e. The first-order valence-electron chi connectivity index (χ1n) is 8.18. The monoisotopic (exact) mass is 316 g/mol. The van der Waals surface area contributed by atoms with E-state index >= 15 is 0 Å². The number of nitrogens with zero attached hydrogens (tertiary/aromatic N) is 2. The molecule has 0 bridgehead atoms. The number of hydrogen-bond acceptors (Lipinski definition) is 3. The Labute approximate surface area is 135 Å². The fraction of sp³-hybridized carbons (Fsp3) is 0.588. The van der Waals surface area contributed by atoms with Gasteiger partial charge in [-0.3, -0.25) is 14.7 Å². The van der Waals surface area contributed by atoms with E-state index < -0.39 is 5.91 Å². The zero-order valence-electron chi connectivity index (χ0n) is 13.9. The van der Waals surface area contributed by atoms with Gasteiger partial charge in [0, 0.05) is 18.1 Å². The summed E-state index contributed by atoms with van der Waals surface area (Å²) in [5, 5.41) is 2.69. The Bertz CT molecular complexity index is 789. The minimum absolute atomic E-state index is 0.197. The highest BCUT2D eigenvalue weighted by atomic mass is 16.1. The smallest absolute Gasteiger partial charge is 0.272 e. The lowest BCUT2D eigenvalue weighted by atomic mass is 9.69. The Morgan fingerprint density at radius 3 is 2.48 bits per heavy atom. The van der Waals surface area contributed by atoms with Crippen LogP contribution in [0.5, 0.6) is 0 Å². The summed E-state index contributed by atoms with van der Waals surface area (Å²) in [6.45, 7) is 6.87. The van der Waals surface area contributed by atoms with Gasteiger partial charge >= 0.3 is 0 Å². The van der Waals surface area contributed by atoms with Crippen molar-refractivity contribution in [2.24, 2.45) is 17.1 Å². The van der Waals surface area contributed by atoms with Gasteiger partial charge in [0.2, 0.25) is 0 Å². The van der Waals surface area contributed by atoms with Gasteiger partial charge in [-0.1, -0.05) is 20.8 Å². The highest BCUT2D eigenvalue weighted by Gasteiger charge is 2.31. The van der Waals surface area contributed by atoms with Crippen LogP contribution in [0.2, 0.25) is 0 Å². The quantitative estimate of drug-likeness (QED) is 0.891. The zero-order valence-corrected chi connectivity index (χ0v) is 13.9. The van der Waals surface area contributed by atoms with Gasteiger partial charge in [0.25, 0.3) is 11.5 Å². The summed E-state index contributed by atoms with van der Waals surface area (Å²) in [4.78, 5) is 28.1. The molecule has 0 spiro atoms. The number of rotatable bonds is 2. The second kappa shape index (κ2) is 5.51. The predicted octanol–water partition coefficient (Wildman–Crippen LogP) is 2.44. The summed E-state index contributed by atoms with van der Waals surface area (Å²) in [5.74, 6) is 0.442. The van der Waals surface area contributed by atoms with Crippen molar-refractivity contribution in [2.45, 2.75) is 52.4 Å². The zero-order chi connectivity index (χ0) is 16.8. The summed E-state index contributed by atoms with van der Waals surface area (Å²) >= 11 is 0. The number of primary amides is 1. The van der Waals surface area contributed by atoms with Crippen LogP contribution in [0, 0.1) is 11.3 Å². The molecule has 0 aromatic carbocycles. The molecule has 6 nitrogen and oxygen atoms in total. The van der Waals surface area contributed by atoms with Crippen LogP contribution >= 0.6 is 0 Å². The molecule has 0 aliphatic heterocycles. The molecule has 3 N–H and O–H groups in total. The van der Waals surface area contributed by atoms with E-state index in [1.54, 1.807) is 6.07 Å². The summed E-state index contributed by atoms with van der Waals surface area (Å²) in [7, 11) is 0. The first-order valence-corrected chi connectivity index (χ1v) is 8.18. The molecule has 1 saturated carbocycles. The van der Waals surface area contributed by atoms with Crippen LogP contribution in [0.3, 0.4) is 0 Å². The van der Waals surface area contributed by atoms with Gasteiger partial charge in [0.1, 0.15) is 5.69 Å². The van der Waals surface area contributed by atoms with Gasteiger partial charge in [0.05, 0.1) is 5.69 Å². The van der Waals surface area contributed by atoms with Crippen LogP contribution in [0.15, 0.2) is 16.9 Å². The van der Waals surface area contributed by atoms with Crippen LogP contribution in [0.25, 0.3) is 5.65 Å². The highest BCUT2D eigenvalue weighted by Crippen LogP contribution is 2.42. The Kier molecular flexibility index (Phi) is 3.78. The lowest BCUT2D eigenvalue weighted by Crippen LogP contribution is -2.26. The number of nitrogens with two attached hydrogens (primary N) is 1. The molecular formula is C17H24N4O2. The molecule has 2 aromatic heterocycles. The summed E-state index contributed by atoms with van der Waals surface area (Å²) in [5.41, 5.74) is 6.87. The molecule has 2 heterocycles. The van der Waals surface area contributed by atoms with E-state index in [0.717, 1.165) is 37.3 Å². The maximum absolute atomic E-state index is 12.2. The van der Waals surface area contributed by atoms with Gasteiger partial charge in [-0.05, 0) is 37.0 Å². The van der Waals surface area contributed by atoms with Crippen molar-refractivity contribution in [2.75, 3.05) is 0 Å². The van der Waals surface area contributed by atoms with Crippen molar-refractivity contribution >= 4 is 11.6 Å². The van der Waals surface area contributed by atoms with Crippen LogP contribution in [-0.4, -0.2) is 20.5 Å². The van der Waals surface area contributed by atoms with Gasteiger partial charge in [-0.25, -0.2) is 9.50 Å². The van der Waals surface area contributed by atoms with Crippen LogP contribution in [0.4, 0.5) is 0 Å². The summed E-state index contributed by atoms with van der Waals surface area (Å²) < 4.78 is 1.27. The van der Waals surface area contributed by atoms with E-state index in [9.17, 15) is 9.59 Å². The predicted molar refractivity (Wildman–Crippen MR) is 88.5 cm³/mol. The fourth-order valence-electron chi connectivity index (χ4n) is 3.60. The second-order valence-corrected chi connectivity index (χ2v) is 7.66. The van der Waals surface area contributed by atoms with Crippen molar-refractivity contribution in [3.8, 4) is 0 Å². The van der Waals surface area contributed by atoms with E-state index in [0.29, 0.717) is 17.0 Å². The lowest BCUT2D eigenvalue weighted by molar-refractivity contribution is 0.0995. The largest absolute Gasteiger partial charge is 0.364 e. The average Bonchev–Trinajstić information content (AvgIpc) is 2.91. The second-order valence-electron chi connectivity index (χ2n) is 7.66. The number of amides is 1. The molecule has 1 aliphatic carbocycles. The molecule has 23 heavy (non-hydrogen) atoms. The number of carbonyl (C=O) groups is 1. The standard InChI is InChI=1S/C17H24N4O2/c1-17(2,3)11-6-4-10(5-7-11)12-9-15(22)21-14(19-12)8-13(20-21)16(18)23/h8-11,20H,4-7H2,1-3H3,(H2,18,23). The number of carbonyl (C=O) groups excluding carboxylic acids is 1. The molecular weight excluding hydrogens is 292 g/mol. The molecule has 1 fully saturated rings. The Balaban J connectivity index is 1.87. The van der Waals surface area contributed by atoms with Crippen molar-refractivity contribution in [1.29, 1.82) is 0 Å². The Hall–Kier alpha value is -2.11. The molecule has 1 amide bonds. The molecule has 0 saturated heterocycles. The van der Waals surface area contributed by atoms with Gasteiger partial charge in [-0.2, -0.15) is 0 Å². The van der Waals surface area contributed by atoms with Crippen LogP contribution in [0.1, 0.15) is 68.6 Å². The van der Waals surface area contributed by atoms with E-state index in [1.807, 2.05) is 0 Å². The third kappa shape index (κ3) is 3.02. The highest BCUT2D eigenvalue weighted by molar-refractivity contribution is 5.91. The maximum atomic E-state index is 12.2. The number of H-pyrrole nitrogens is 1. The van der Waals surface area contributed by atoms with Crippen molar-refractivity contribution in [1.82, 2.24) is 14.6 Å². The van der Waals surface area contributed by atoms with E-state index in [-0.39, 0.29) is 11.3 Å². The van der Waals surface area contributed by atoms with Crippen LogP contribution < -0.4 is 11.3 Å². The minimum Gasteiger partial charge on any atom is -0.364 e. The van der Waals surface area contributed by atoms with E-state index in [2.05, 4.69) is 30.9 Å². The summed E-state index contributed by atoms with van der Waals surface area (Å²) in [6, 6.07) is 3.12.